The Balaban J connectivity index is 1.93. The van der Waals surface area contributed by atoms with Gasteiger partial charge in [0.2, 0.25) is 5.91 Å². The summed E-state index contributed by atoms with van der Waals surface area (Å²) in [6.07, 6.45) is 5.73. The summed E-state index contributed by atoms with van der Waals surface area (Å²) in [5, 5.41) is 2.97. The molecule has 0 unspecified atom stereocenters. The van der Waals surface area contributed by atoms with Crippen LogP contribution < -0.4 is 5.32 Å². The maximum Gasteiger partial charge on any atom is 0.227 e. The average Bonchev–Trinajstić information content (AvgIpc) is 2.33. The monoisotopic (exact) mass is 235 g/mol. The molecule has 1 aromatic carbocycles. The summed E-state index contributed by atoms with van der Waals surface area (Å²) in [4.78, 5) is 12.8. The van der Waals surface area contributed by atoms with E-state index in [1.54, 1.807) is 0 Å². The molecule has 86 valence electrons. The molecular formula is C13H17NOS. The van der Waals surface area contributed by atoms with Gasteiger partial charge < -0.3 is 5.32 Å². The first-order chi connectivity index (χ1) is 7.75. The minimum atomic E-state index is 0.173. The van der Waals surface area contributed by atoms with Crippen molar-refractivity contribution in [1.82, 2.24) is 0 Å². The smallest absolute Gasteiger partial charge is 0.227 e. The molecule has 1 fully saturated rings. The molecule has 0 aromatic heterocycles. The van der Waals surface area contributed by atoms with Crippen LogP contribution in [0.25, 0.3) is 0 Å². The van der Waals surface area contributed by atoms with E-state index in [9.17, 15) is 4.79 Å². The number of benzene rings is 1. The Hall–Kier alpha value is -0.960. The molecule has 0 heterocycles. The number of hydrogen-bond acceptors (Lipinski definition) is 2. The third-order valence-electron chi connectivity index (χ3n) is 3.11. The van der Waals surface area contributed by atoms with Gasteiger partial charge in [-0.05, 0) is 37.1 Å². The van der Waals surface area contributed by atoms with Crippen molar-refractivity contribution in [1.29, 1.82) is 0 Å². The molecular weight excluding hydrogens is 218 g/mol. The highest BCUT2D eigenvalue weighted by Gasteiger charge is 2.20. The number of carbonyl (C=O) groups excluding carboxylic acids is 1. The van der Waals surface area contributed by atoms with Crippen molar-refractivity contribution in [3.05, 3.63) is 24.3 Å². The van der Waals surface area contributed by atoms with E-state index in [2.05, 4.69) is 17.9 Å². The Kier molecular flexibility index (Phi) is 3.88. The molecule has 2 rings (SSSR count). The molecule has 16 heavy (non-hydrogen) atoms. The van der Waals surface area contributed by atoms with Crippen LogP contribution in [0.4, 0.5) is 5.69 Å². The lowest BCUT2D eigenvalue weighted by Crippen LogP contribution is -2.24. The van der Waals surface area contributed by atoms with Gasteiger partial charge in [0.25, 0.3) is 0 Å². The van der Waals surface area contributed by atoms with Crippen molar-refractivity contribution in [2.75, 3.05) is 5.32 Å². The van der Waals surface area contributed by atoms with E-state index in [-0.39, 0.29) is 11.8 Å². The van der Waals surface area contributed by atoms with Crippen LogP contribution >= 0.6 is 12.6 Å². The lowest BCUT2D eigenvalue weighted by atomic mass is 9.88. The second kappa shape index (κ2) is 5.39. The minimum absolute atomic E-state index is 0.173. The second-order valence-corrected chi connectivity index (χ2v) is 4.89. The molecule has 1 amide bonds. The molecule has 1 aliphatic rings. The van der Waals surface area contributed by atoms with Crippen LogP contribution in [0.1, 0.15) is 32.1 Å². The number of thiol groups is 1. The SMILES string of the molecule is O=C(Nc1ccc(S)cc1)C1CCCCC1. The van der Waals surface area contributed by atoms with Crippen LogP contribution in [0.5, 0.6) is 0 Å². The average molecular weight is 235 g/mol. The fraction of sp³-hybridized carbons (Fsp3) is 0.462. The topological polar surface area (TPSA) is 29.1 Å². The van der Waals surface area contributed by atoms with Gasteiger partial charge in [0.1, 0.15) is 0 Å². The van der Waals surface area contributed by atoms with Crippen molar-refractivity contribution in [3.63, 3.8) is 0 Å². The molecule has 0 radical (unpaired) electrons. The second-order valence-electron chi connectivity index (χ2n) is 4.37. The Morgan fingerprint density at radius 3 is 2.38 bits per heavy atom. The van der Waals surface area contributed by atoms with Crippen molar-refractivity contribution in [2.24, 2.45) is 5.92 Å². The highest BCUT2D eigenvalue weighted by molar-refractivity contribution is 7.80. The molecule has 0 aliphatic heterocycles. The Morgan fingerprint density at radius 1 is 1.12 bits per heavy atom. The Bertz CT molecular complexity index is 355. The normalized spacial score (nSPS) is 17.1. The Morgan fingerprint density at radius 2 is 1.75 bits per heavy atom. The van der Waals surface area contributed by atoms with Gasteiger partial charge in [0.05, 0.1) is 0 Å². The summed E-state index contributed by atoms with van der Waals surface area (Å²) in [5.74, 6) is 0.385. The van der Waals surface area contributed by atoms with Gasteiger partial charge in [-0.1, -0.05) is 19.3 Å². The highest BCUT2D eigenvalue weighted by atomic mass is 32.1. The number of nitrogens with one attached hydrogen (secondary N) is 1. The molecule has 1 aliphatic carbocycles. The zero-order valence-electron chi connectivity index (χ0n) is 9.28. The standard InChI is InChI=1S/C13H17NOS/c15-13(10-4-2-1-3-5-10)14-11-6-8-12(16)9-7-11/h6-10,16H,1-5H2,(H,14,15). The highest BCUT2D eigenvalue weighted by Crippen LogP contribution is 2.25. The zero-order valence-corrected chi connectivity index (χ0v) is 10.2. The first kappa shape index (κ1) is 11.5. The van der Waals surface area contributed by atoms with Gasteiger partial charge >= 0.3 is 0 Å². The summed E-state index contributed by atoms with van der Waals surface area (Å²) < 4.78 is 0. The zero-order chi connectivity index (χ0) is 11.4. The van der Waals surface area contributed by atoms with Crippen LogP contribution in [0.2, 0.25) is 0 Å². The van der Waals surface area contributed by atoms with Gasteiger partial charge in [-0.2, -0.15) is 0 Å². The summed E-state index contributed by atoms with van der Waals surface area (Å²) in [6.45, 7) is 0. The van der Waals surface area contributed by atoms with E-state index in [1.165, 1.54) is 19.3 Å². The lowest BCUT2D eigenvalue weighted by Gasteiger charge is -2.20. The van der Waals surface area contributed by atoms with Gasteiger partial charge in [-0.3, -0.25) is 4.79 Å². The van der Waals surface area contributed by atoms with Crippen LogP contribution in [0.15, 0.2) is 29.2 Å². The summed E-state index contributed by atoms with van der Waals surface area (Å²) in [6, 6.07) is 7.56. The third kappa shape index (κ3) is 3.01. The molecule has 0 bridgehead atoms. The molecule has 0 atom stereocenters. The maximum atomic E-state index is 11.9. The molecule has 1 aromatic rings. The quantitative estimate of drug-likeness (QED) is 0.755. The predicted octanol–water partition coefficient (Wildman–Crippen LogP) is 3.49. The maximum absolute atomic E-state index is 11.9. The number of rotatable bonds is 2. The Labute approximate surface area is 102 Å². The number of amides is 1. The van der Waals surface area contributed by atoms with E-state index >= 15 is 0 Å². The lowest BCUT2D eigenvalue weighted by molar-refractivity contribution is -0.120. The van der Waals surface area contributed by atoms with Crippen LogP contribution in [-0.4, -0.2) is 5.91 Å². The van der Waals surface area contributed by atoms with E-state index in [0.29, 0.717) is 0 Å². The van der Waals surface area contributed by atoms with Gasteiger partial charge in [0.15, 0.2) is 0 Å². The summed E-state index contributed by atoms with van der Waals surface area (Å²) in [7, 11) is 0. The molecule has 1 N–H and O–H groups in total. The van der Waals surface area contributed by atoms with Crippen LogP contribution in [0, 0.1) is 5.92 Å². The molecule has 3 heteroatoms. The fourth-order valence-electron chi connectivity index (χ4n) is 2.15. The molecule has 0 spiro atoms. The van der Waals surface area contributed by atoms with Gasteiger partial charge in [-0.25, -0.2) is 0 Å². The van der Waals surface area contributed by atoms with Gasteiger partial charge in [-0.15, -0.1) is 12.6 Å². The summed E-state index contributed by atoms with van der Waals surface area (Å²) in [5.41, 5.74) is 0.869. The number of anilines is 1. The number of hydrogen-bond donors (Lipinski definition) is 2. The van der Waals surface area contributed by atoms with E-state index < -0.39 is 0 Å². The molecule has 1 saturated carbocycles. The van der Waals surface area contributed by atoms with Crippen molar-refractivity contribution < 1.29 is 4.79 Å². The van der Waals surface area contributed by atoms with Crippen molar-refractivity contribution >= 4 is 24.2 Å². The third-order valence-corrected chi connectivity index (χ3v) is 3.41. The van der Waals surface area contributed by atoms with Gasteiger partial charge in [0, 0.05) is 16.5 Å². The van der Waals surface area contributed by atoms with Crippen molar-refractivity contribution in [3.8, 4) is 0 Å². The summed E-state index contributed by atoms with van der Waals surface area (Å²) >= 11 is 4.21. The number of carbonyl (C=O) groups is 1. The first-order valence-corrected chi connectivity index (χ1v) is 6.30. The van der Waals surface area contributed by atoms with E-state index in [4.69, 9.17) is 0 Å². The van der Waals surface area contributed by atoms with Crippen LogP contribution in [0.3, 0.4) is 0 Å². The fourth-order valence-corrected chi connectivity index (χ4v) is 2.30. The van der Waals surface area contributed by atoms with Crippen LogP contribution in [-0.2, 0) is 4.79 Å². The van der Waals surface area contributed by atoms with E-state index in [1.807, 2.05) is 24.3 Å². The first-order valence-electron chi connectivity index (χ1n) is 5.85. The minimum Gasteiger partial charge on any atom is -0.326 e. The molecule has 2 nitrogen and oxygen atoms in total. The molecule has 0 saturated heterocycles. The van der Waals surface area contributed by atoms with E-state index in [0.717, 1.165) is 23.4 Å². The largest absolute Gasteiger partial charge is 0.326 e. The predicted molar refractivity (Wildman–Crippen MR) is 68.9 cm³/mol. The van der Waals surface area contributed by atoms with Crippen molar-refractivity contribution in [2.45, 2.75) is 37.0 Å².